The number of amides is 2. The molecule has 9 heteroatoms. The Hall–Kier alpha value is -2.45. The van der Waals surface area contributed by atoms with Gasteiger partial charge in [0.1, 0.15) is 11.9 Å². The lowest BCUT2D eigenvalue weighted by Crippen LogP contribution is -2.37. The van der Waals surface area contributed by atoms with Gasteiger partial charge in [0, 0.05) is 6.07 Å². The Bertz CT molecular complexity index is 722. The minimum atomic E-state index is -1.22. The number of aliphatic hydroxyl groups is 1. The lowest BCUT2D eigenvalue weighted by molar-refractivity contribution is -0.136. The van der Waals surface area contributed by atoms with Gasteiger partial charge in [-0.2, -0.15) is 0 Å². The van der Waals surface area contributed by atoms with E-state index in [1.807, 2.05) is 5.32 Å². The average molecular weight is 345 g/mol. The second-order valence-corrected chi connectivity index (χ2v) is 4.85. The summed E-state index contributed by atoms with van der Waals surface area (Å²) in [7, 11) is 0. The number of hydrogen-bond acceptors (Lipinski definition) is 4. The summed E-state index contributed by atoms with van der Waals surface area (Å²) < 4.78 is 30.9. The van der Waals surface area contributed by atoms with E-state index in [9.17, 15) is 23.5 Å². The Balaban J connectivity index is 1.93. The first-order chi connectivity index (χ1) is 10.9. The summed E-state index contributed by atoms with van der Waals surface area (Å²) in [5, 5.41) is 13.6. The molecule has 2 rings (SSSR count). The molecule has 2 aromatic rings. The van der Waals surface area contributed by atoms with Crippen LogP contribution in [0.2, 0.25) is 5.02 Å². The van der Waals surface area contributed by atoms with Crippen LogP contribution in [0.1, 0.15) is 11.9 Å². The number of benzene rings is 1. The molecule has 0 aliphatic rings. The van der Waals surface area contributed by atoms with Gasteiger partial charge in [-0.1, -0.05) is 11.6 Å². The summed E-state index contributed by atoms with van der Waals surface area (Å²) in [5.74, 6) is -4.42. The molecule has 0 saturated carbocycles. The van der Waals surface area contributed by atoms with Gasteiger partial charge < -0.3 is 20.2 Å². The molecule has 0 aliphatic heterocycles. The highest BCUT2D eigenvalue weighted by Gasteiger charge is 2.19. The van der Waals surface area contributed by atoms with E-state index in [1.54, 1.807) is 6.07 Å². The number of halogens is 3. The van der Waals surface area contributed by atoms with E-state index >= 15 is 0 Å². The van der Waals surface area contributed by atoms with Crippen molar-refractivity contribution in [2.45, 2.75) is 6.10 Å². The number of hydrogen-bond donors (Lipinski definition) is 3. The summed E-state index contributed by atoms with van der Waals surface area (Å²) in [6, 6.07) is 4.38. The highest BCUT2D eigenvalue weighted by molar-refractivity contribution is 6.41. The smallest absolute Gasteiger partial charge is 0.313 e. The Labute approximate surface area is 134 Å². The van der Waals surface area contributed by atoms with Gasteiger partial charge in [-0.25, -0.2) is 8.78 Å². The van der Waals surface area contributed by atoms with Gasteiger partial charge >= 0.3 is 11.8 Å². The molecule has 0 saturated heterocycles. The molecule has 0 spiro atoms. The Morgan fingerprint density at radius 3 is 2.61 bits per heavy atom. The summed E-state index contributed by atoms with van der Waals surface area (Å²) in [5.41, 5.74) is -0.253. The molecule has 2 amide bonds. The molecule has 0 radical (unpaired) electrons. The average Bonchev–Trinajstić information content (AvgIpc) is 3.04. The fraction of sp³-hybridized carbons (Fsp3) is 0.143. The number of aliphatic hydroxyl groups excluding tert-OH is 1. The topological polar surface area (TPSA) is 91.6 Å². The zero-order valence-electron chi connectivity index (χ0n) is 11.5. The maximum atomic E-state index is 13.1. The zero-order valence-corrected chi connectivity index (χ0v) is 12.2. The van der Waals surface area contributed by atoms with Crippen molar-refractivity contribution in [1.29, 1.82) is 0 Å². The van der Waals surface area contributed by atoms with E-state index in [4.69, 9.17) is 16.0 Å². The van der Waals surface area contributed by atoms with E-state index in [0.29, 0.717) is 12.1 Å². The number of rotatable bonds is 4. The number of anilines is 1. The molecule has 1 unspecified atom stereocenters. The fourth-order valence-electron chi connectivity index (χ4n) is 1.65. The Morgan fingerprint density at radius 1 is 1.26 bits per heavy atom. The molecule has 1 atom stereocenters. The highest BCUT2D eigenvalue weighted by atomic mass is 35.5. The maximum Gasteiger partial charge on any atom is 0.313 e. The normalized spacial score (nSPS) is 11.8. The largest absolute Gasteiger partial charge is 0.467 e. The van der Waals surface area contributed by atoms with Crippen LogP contribution < -0.4 is 10.6 Å². The number of nitrogens with one attached hydrogen (secondary N) is 2. The summed E-state index contributed by atoms with van der Waals surface area (Å²) in [6.45, 7) is -0.273. The highest BCUT2D eigenvalue weighted by Crippen LogP contribution is 2.24. The lowest BCUT2D eigenvalue weighted by atomic mass is 10.2. The Morgan fingerprint density at radius 2 is 1.96 bits per heavy atom. The van der Waals surface area contributed by atoms with Gasteiger partial charge in [0.2, 0.25) is 0 Å². The monoisotopic (exact) mass is 344 g/mol. The third-order valence-corrected chi connectivity index (χ3v) is 3.10. The first-order valence-corrected chi connectivity index (χ1v) is 6.71. The van der Waals surface area contributed by atoms with Crippen LogP contribution in [0, 0.1) is 11.6 Å². The van der Waals surface area contributed by atoms with Crippen molar-refractivity contribution >= 4 is 29.1 Å². The predicted molar refractivity (Wildman–Crippen MR) is 76.7 cm³/mol. The molecule has 122 valence electrons. The van der Waals surface area contributed by atoms with E-state index in [1.165, 1.54) is 12.3 Å². The van der Waals surface area contributed by atoms with E-state index in [0.717, 1.165) is 0 Å². The van der Waals surface area contributed by atoms with Crippen LogP contribution in [0.25, 0.3) is 0 Å². The fourth-order valence-corrected chi connectivity index (χ4v) is 1.85. The van der Waals surface area contributed by atoms with Crippen molar-refractivity contribution in [3.63, 3.8) is 0 Å². The van der Waals surface area contributed by atoms with Gasteiger partial charge in [0.15, 0.2) is 11.6 Å². The molecule has 6 nitrogen and oxygen atoms in total. The third-order valence-electron chi connectivity index (χ3n) is 2.79. The molecule has 1 aromatic carbocycles. The van der Waals surface area contributed by atoms with Crippen LogP contribution in [0.15, 0.2) is 34.9 Å². The van der Waals surface area contributed by atoms with Crippen molar-refractivity contribution in [1.82, 2.24) is 5.32 Å². The molecule has 1 heterocycles. The van der Waals surface area contributed by atoms with E-state index < -0.39 is 29.6 Å². The molecule has 1 aromatic heterocycles. The van der Waals surface area contributed by atoms with Gasteiger partial charge in [-0.3, -0.25) is 9.59 Å². The van der Waals surface area contributed by atoms with Crippen molar-refractivity contribution < 1.29 is 27.9 Å². The van der Waals surface area contributed by atoms with Crippen LogP contribution >= 0.6 is 11.6 Å². The van der Waals surface area contributed by atoms with Crippen molar-refractivity contribution in [2.24, 2.45) is 0 Å². The number of furan rings is 1. The van der Waals surface area contributed by atoms with Gasteiger partial charge in [-0.05, 0) is 18.2 Å². The first-order valence-electron chi connectivity index (χ1n) is 6.33. The number of carbonyl (C=O) groups is 2. The van der Waals surface area contributed by atoms with E-state index in [-0.39, 0.29) is 23.0 Å². The van der Waals surface area contributed by atoms with Crippen LogP contribution in [-0.4, -0.2) is 23.5 Å². The molecule has 0 bridgehead atoms. The zero-order chi connectivity index (χ0) is 17.0. The second-order valence-electron chi connectivity index (χ2n) is 4.44. The SMILES string of the molecule is O=C(NCC(O)c1ccco1)C(=O)Nc1cc(F)c(F)cc1Cl. The van der Waals surface area contributed by atoms with Crippen LogP contribution in [0.5, 0.6) is 0 Å². The lowest BCUT2D eigenvalue weighted by Gasteiger charge is -2.10. The first kappa shape index (κ1) is 16.9. The quantitative estimate of drug-likeness (QED) is 0.584. The standard InChI is InChI=1S/C14H11ClF2N2O4/c15-7-4-8(16)9(17)5-10(7)19-14(22)13(21)18-6-11(20)12-2-1-3-23-12/h1-5,11,20H,6H2,(H,18,21)(H,19,22). The van der Waals surface area contributed by atoms with Crippen LogP contribution in [0.4, 0.5) is 14.5 Å². The van der Waals surface area contributed by atoms with E-state index in [2.05, 4.69) is 5.32 Å². The Kier molecular flexibility index (Phi) is 5.30. The molecule has 0 fully saturated rings. The van der Waals surface area contributed by atoms with Crippen LogP contribution in [0.3, 0.4) is 0 Å². The van der Waals surface area contributed by atoms with Crippen LogP contribution in [-0.2, 0) is 9.59 Å². The maximum absolute atomic E-state index is 13.1. The van der Waals surface area contributed by atoms with Crippen molar-refractivity contribution in [2.75, 3.05) is 11.9 Å². The minimum Gasteiger partial charge on any atom is -0.467 e. The molecular formula is C14H11ClF2N2O4. The third kappa shape index (κ3) is 4.27. The summed E-state index contributed by atoms with van der Waals surface area (Å²) in [4.78, 5) is 23.3. The summed E-state index contributed by atoms with van der Waals surface area (Å²) in [6.07, 6.45) is 0.214. The molecule has 3 N–H and O–H groups in total. The minimum absolute atomic E-state index is 0.217. The van der Waals surface area contributed by atoms with Gasteiger partial charge in [-0.15, -0.1) is 0 Å². The summed E-state index contributed by atoms with van der Waals surface area (Å²) >= 11 is 5.64. The molecule has 23 heavy (non-hydrogen) atoms. The van der Waals surface area contributed by atoms with Crippen molar-refractivity contribution in [3.05, 3.63) is 52.9 Å². The van der Waals surface area contributed by atoms with Gasteiger partial charge in [0.05, 0.1) is 23.5 Å². The molecule has 0 aliphatic carbocycles. The predicted octanol–water partition coefficient (Wildman–Crippen LogP) is 2.00. The van der Waals surface area contributed by atoms with Crippen molar-refractivity contribution in [3.8, 4) is 0 Å². The van der Waals surface area contributed by atoms with Gasteiger partial charge in [0.25, 0.3) is 0 Å². The number of carbonyl (C=O) groups excluding carboxylic acids is 2. The second kappa shape index (κ2) is 7.21. The molecular weight excluding hydrogens is 334 g/mol.